The Hall–Kier alpha value is -3.10. The SMILES string of the molecule is CN(c1ccc2c(c1)C(C)(C)c1ccccc1-2)c1ccc2c(c1)sc1ccccc12. The Bertz CT molecular complexity index is 1440. The van der Waals surface area contributed by atoms with Crippen LogP contribution >= 0.6 is 11.3 Å². The van der Waals surface area contributed by atoms with Crippen molar-refractivity contribution < 1.29 is 0 Å². The molecule has 1 heterocycles. The van der Waals surface area contributed by atoms with Crippen molar-refractivity contribution in [2.24, 2.45) is 0 Å². The van der Waals surface area contributed by atoms with Gasteiger partial charge in [-0.2, -0.15) is 0 Å². The van der Waals surface area contributed by atoms with Crippen LogP contribution < -0.4 is 4.90 Å². The summed E-state index contributed by atoms with van der Waals surface area (Å²) in [4.78, 5) is 2.31. The first-order chi connectivity index (χ1) is 14.5. The number of rotatable bonds is 2. The van der Waals surface area contributed by atoms with Crippen LogP contribution in [0.25, 0.3) is 31.3 Å². The lowest BCUT2D eigenvalue weighted by atomic mass is 9.82. The molecule has 0 N–H and O–H groups in total. The molecule has 0 fully saturated rings. The zero-order valence-corrected chi connectivity index (χ0v) is 18.3. The molecule has 1 nitrogen and oxygen atoms in total. The van der Waals surface area contributed by atoms with Crippen LogP contribution in [-0.4, -0.2) is 7.05 Å². The minimum Gasteiger partial charge on any atom is -0.345 e. The van der Waals surface area contributed by atoms with Gasteiger partial charge in [-0.05, 0) is 52.6 Å². The van der Waals surface area contributed by atoms with E-state index < -0.39 is 0 Å². The molecule has 0 aliphatic heterocycles. The maximum atomic E-state index is 2.38. The zero-order chi connectivity index (χ0) is 20.5. The summed E-state index contributed by atoms with van der Waals surface area (Å²) in [6.45, 7) is 4.68. The fourth-order valence-corrected chi connectivity index (χ4v) is 6.11. The summed E-state index contributed by atoms with van der Waals surface area (Å²) in [6, 6.07) is 31.3. The summed E-state index contributed by atoms with van der Waals surface area (Å²) in [5.41, 5.74) is 8.06. The molecule has 2 heteroatoms. The highest BCUT2D eigenvalue weighted by Gasteiger charge is 2.35. The highest BCUT2D eigenvalue weighted by molar-refractivity contribution is 7.25. The van der Waals surface area contributed by atoms with E-state index in [1.54, 1.807) is 0 Å². The summed E-state index contributed by atoms with van der Waals surface area (Å²) in [6.07, 6.45) is 0. The predicted octanol–water partition coefficient (Wildman–Crippen LogP) is 8.13. The van der Waals surface area contributed by atoms with Crippen molar-refractivity contribution in [2.45, 2.75) is 19.3 Å². The van der Waals surface area contributed by atoms with Gasteiger partial charge in [-0.15, -0.1) is 11.3 Å². The van der Waals surface area contributed by atoms with Crippen LogP contribution in [0.5, 0.6) is 0 Å². The summed E-state index contributed by atoms with van der Waals surface area (Å²) in [5, 5.41) is 2.70. The Labute approximate surface area is 181 Å². The lowest BCUT2D eigenvalue weighted by molar-refractivity contribution is 0.660. The van der Waals surface area contributed by atoms with E-state index in [2.05, 4.69) is 111 Å². The average molecular weight is 406 g/mol. The van der Waals surface area contributed by atoms with E-state index in [4.69, 9.17) is 0 Å². The molecule has 0 spiro atoms. The van der Waals surface area contributed by atoms with Crippen molar-refractivity contribution in [2.75, 3.05) is 11.9 Å². The molecule has 0 saturated heterocycles. The van der Waals surface area contributed by atoms with Crippen molar-refractivity contribution in [1.29, 1.82) is 0 Å². The molecule has 0 radical (unpaired) electrons. The van der Waals surface area contributed by atoms with Crippen LogP contribution in [0.1, 0.15) is 25.0 Å². The molecule has 0 atom stereocenters. The van der Waals surface area contributed by atoms with Crippen molar-refractivity contribution in [3.05, 3.63) is 96.1 Å². The minimum atomic E-state index is 0.0260. The second kappa shape index (κ2) is 6.20. The standard InChI is InChI=1S/C28H23NS/c1-28(2)24-10-6-4-8-20(24)21-14-12-18(16-25(21)28)29(3)19-13-15-23-22-9-5-7-11-26(22)30-27(23)17-19/h4-17H,1-3H3. The van der Waals surface area contributed by atoms with E-state index in [0.29, 0.717) is 0 Å². The molecule has 0 unspecified atom stereocenters. The van der Waals surface area contributed by atoms with Gasteiger partial charge < -0.3 is 4.90 Å². The highest BCUT2D eigenvalue weighted by atomic mass is 32.1. The van der Waals surface area contributed by atoms with Gasteiger partial charge in [0.2, 0.25) is 0 Å². The summed E-state index contributed by atoms with van der Waals surface area (Å²) in [7, 11) is 2.17. The van der Waals surface area contributed by atoms with E-state index >= 15 is 0 Å². The van der Waals surface area contributed by atoms with E-state index in [0.717, 1.165) is 0 Å². The monoisotopic (exact) mass is 405 g/mol. The molecule has 1 aliphatic rings. The molecule has 0 bridgehead atoms. The first-order valence-electron chi connectivity index (χ1n) is 10.4. The van der Waals surface area contributed by atoms with E-state index in [1.165, 1.54) is 53.8 Å². The van der Waals surface area contributed by atoms with Crippen LogP contribution in [0.15, 0.2) is 84.9 Å². The molecular weight excluding hydrogens is 382 g/mol. The van der Waals surface area contributed by atoms with Gasteiger partial charge in [0, 0.05) is 44.0 Å². The molecule has 146 valence electrons. The number of fused-ring (bicyclic) bond motifs is 6. The largest absolute Gasteiger partial charge is 0.345 e. The highest BCUT2D eigenvalue weighted by Crippen LogP contribution is 2.49. The first-order valence-corrected chi connectivity index (χ1v) is 11.2. The Morgan fingerprint density at radius 2 is 1.30 bits per heavy atom. The second-order valence-corrected chi connectivity index (χ2v) is 9.82. The lowest BCUT2D eigenvalue weighted by Gasteiger charge is -2.25. The van der Waals surface area contributed by atoms with Gasteiger partial charge in [-0.1, -0.05) is 68.4 Å². The number of anilines is 2. The maximum absolute atomic E-state index is 2.38. The van der Waals surface area contributed by atoms with Crippen LogP contribution in [0, 0.1) is 0 Å². The predicted molar refractivity (Wildman–Crippen MR) is 131 cm³/mol. The second-order valence-electron chi connectivity index (χ2n) is 8.74. The quantitative estimate of drug-likeness (QED) is 0.286. The number of nitrogens with zero attached hydrogens (tertiary/aromatic N) is 1. The number of thiophene rings is 1. The summed E-state index contributed by atoms with van der Waals surface area (Å²) < 4.78 is 2.69. The van der Waals surface area contributed by atoms with Crippen molar-refractivity contribution in [3.63, 3.8) is 0 Å². The number of hydrogen-bond donors (Lipinski definition) is 0. The Balaban J connectivity index is 1.44. The van der Waals surface area contributed by atoms with Gasteiger partial charge in [0.15, 0.2) is 0 Å². The van der Waals surface area contributed by atoms with Gasteiger partial charge in [0.05, 0.1) is 0 Å². The third-order valence-corrected chi connectivity index (χ3v) is 7.84. The Morgan fingerprint density at radius 1 is 0.633 bits per heavy atom. The topological polar surface area (TPSA) is 3.24 Å². The third kappa shape index (κ3) is 2.41. The van der Waals surface area contributed by atoms with Gasteiger partial charge in [-0.3, -0.25) is 0 Å². The van der Waals surface area contributed by atoms with Crippen molar-refractivity contribution >= 4 is 42.9 Å². The van der Waals surface area contributed by atoms with Gasteiger partial charge >= 0.3 is 0 Å². The van der Waals surface area contributed by atoms with Crippen molar-refractivity contribution in [3.8, 4) is 11.1 Å². The van der Waals surface area contributed by atoms with E-state index in [-0.39, 0.29) is 5.41 Å². The summed E-state index contributed by atoms with van der Waals surface area (Å²) in [5.74, 6) is 0. The van der Waals surface area contributed by atoms with E-state index in [1.807, 2.05) is 11.3 Å². The first kappa shape index (κ1) is 17.7. The molecule has 0 saturated carbocycles. The Kier molecular flexibility index (Phi) is 3.66. The van der Waals surface area contributed by atoms with Crippen molar-refractivity contribution in [1.82, 2.24) is 0 Å². The van der Waals surface area contributed by atoms with Crippen LogP contribution in [0.2, 0.25) is 0 Å². The van der Waals surface area contributed by atoms with E-state index in [9.17, 15) is 0 Å². The summed E-state index contributed by atoms with van der Waals surface area (Å²) >= 11 is 1.87. The fraction of sp³-hybridized carbons (Fsp3) is 0.143. The molecule has 0 amide bonds. The van der Waals surface area contributed by atoms with Gasteiger partial charge in [0.1, 0.15) is 0 Å². The molecule has 6 rings (SSSR count). The average Bonchev–Trinajstić information content (AvgIpc) is 3.26. The molecule has 1 aliphatic carbocycles. The number of benzene rings is 4. The van der Waals surface area contributed by atoms with Crippen LogP contribution in [-0.2, 0) is 5.41 Å². The fourth-order valence-electron chi connectivity index (χ4n) is 4.97. The molecular formula is C28H23NS. The molecule has 5 aromatic rings. The third-order valence-electron chi connectivity index (χ3n) is 6.70. The molecule has 4 aromatic carbocycles. The molecule has 30 heavy (non-hydrogen) atoms. The van der Waals surface area contributed by atoms with Crippen LogP contribution in [0.4, 0.5) is 11.4 Å². The van der Waals surface area contributed by atoms with Gasteiger partial charge in [0.25, 0.3) is 0 Å². The smallest absolute Gasteiger partial charge is 0.0422 e. The Morgan fingerprint density at radius 3 is 2.20 bits per heavy atom. The lowest BCUT2D eigenvalue weighted by Crippen LogP contribution is -2.16. The minimum absolute atomic E-state index is 0.0260. The zero-order valence-electron chi connectivity index (χ0n) is 17.4. The van der Waals surface area contributed by atoms with Crippen LogP contribution in [0.3, 0.4) is 0 Å². The maximum Gasteiger partial charge on any atom is 0.0422 e. The molecule has 1 aromatic heterocycles. The normalized spacial score (nSPS) is 14.1. The van der Waals surface area contributed by atoms with Gasteiger partial charge in [-0.25, -0.2) is 0 Å². The number of hydrogen-bond acceptors (Lipinski definition) is 2.